The Bertz CT molecular complexity index is 764. The third-order valence-corrected chi connectivity index (χ3v) is 5.67. The van der Waals surface area contributed by atoms with Gasteiger partial charge in [0.05, 0.1) is 17.8 Å². The first-order valence-electron chi connectivity index (χ1n) is 7.17. The van der Waals surface area contributed by atoms with Gasteiger partial charge < -0.3 is 9.73 Å². The van der Waals surface area contributed by atoms with Crippen LogP contribution in [0.2, 0.25) is 0 Å². The van der Waals surface area contributed by atoms with Crippen molar-refractivity contribution in [2.75, 3.05) is 18.1 Å². The fraction of sp³-hybridized carbons (Fsp3) is 0.312. The molecule has 3 rings (SSSR count). The Morgan fingerprint density at radius 3 is 2.68 bits per heavy atom. The van der Waals surface area contributed by atoms with Crippen molar-refractivity contribution < 1.29 is 17.6 Å². The molecule has 2 heterocycles. The molecule has 0 unspecified atom stereocenters. The van der Waals surface area contributed by atoms with Crippen LogP contribution in [-0.4, -0.2) is 32.4 Å². The second-order valence-corrected chi connectivity index (χ2v) is 7.74. The molecule has 6 heteroatoms. The van der Waals surface area contributed by atoms with Gasteiger partial charge in [-0.1, -0.05) is 30.3 Å². The molecule has 2 aromatic rings. The van der Waals surface area contributed by atoms with Gasteiger partial charge in [0.2, 0.25) is 0 Å². The van der Waals surface area contributed by atoms with E-state index in [2.05, 4.69) is 5.32 Å². The Hall–Kier alpha value is -2.08. The predicted octanol–water partition coefficient (Wildman–Crippen LogP) is 2.11. The molecule has 5 nitrogen and oxygen atoms in total. The topological polar surface area (TPSA) is 76.4 Å². The van der Waals surface area contributed by atoms with Gasteiger partial charge in [0.15, 0.2) is 15.6 Å². The van der Waals surface area contributed by atoms with Crippen LogP contribution < -0.4 is 5.32 Å². The molecule has 1 aliphatic rings. The van der Waals surface area contributed by atoms with Gasteiger partial charge >= 0.3 is 0 Å². The monoisotopic (exact) mass is 319 g/mol. The first kappa shape index (κ1) is 14.8. The van der Waals surface area contributed by atoms with Crippen molar-refractivity contribution in [3.8, 4) is 11.1 Å². The smallest absolute Gasteiger partial charge is 0.287 e. The number of benzene rings is 1. The first-order valence-corrected chi connectivity index (χ1v) is 8.99. The summed E-state index contributed by atoms with van der Waals surface area (Å²) in [5.74, 6) is 0.296. The highest BCUT2D eigenvalue weighted by Crippen LogP contribution is 2.25. The van der Waals surface area contributed by atoms with Crippen LogP contribution in [0.1, 0.15) is 17.0 Å². The Kier molecular flexibility index (Phi) is 4.02. The maximum atomic E-state index is 12.3. The Morgan fingerprint density at radius 1 is 1.23 bits per heavy atom. The summed E-state index contributed by atoms with van der Waals surface area (Å²) in [7, 11) is -2.92. The van der Waals surface area contributed by atoms with Crippen molar-refractivity contribution in [3.63, 3.8) is 0 Å². The van der Waals surface area contributed by atoms with E-state index in [4.69, 9.17) is 4.42 Å². The summed E-state index contributed by atoms with van der Waals surface area (Å²) in [6, 6.07) is 11.3. The Labute approximate surface area is 129 Å². The van der Waals surface area contributed by atoms with Crippen LogP contribution in [0.4, 0.5) is 0 Å². The summed E-state index contributed by atoms with van der Waals surface area (Å²) in [5, 5.41) is 2.78. The van der Waals surface area contributed by atoms with Gasteiger partial charge in [0.1, 0.15) is 0 Å². The fourth-order valence-electron chi connectivity index (χ4n) is 2.68. The lowest BCUT2D eigenvalue weighted by Gasteiger charge is -2.09. The molecule has 22 heavy (non-hydrogen) atoms. The minimum absolute atomic E-state index is 0.0101. The van der Waals surface area contributed by atoms with E-state index < -0.39 is 9.84 Å². The zero-order valence-electron chi connectivity index (χ0n) is 12.0. The maximum Gasteiger partial charge on any atom is 0.287 e. The number of carbonyl (C=O) groups excluding carboxylic acids is 1. The number of hydrogen-bond acceptors (Lipinski definition) is 4. The quantitative estimate of drug-likeness (QED) is 0.936. The SMILES string of the molecule is O=C(NC[C@@H]1CCS(=O)(=O)C1)c1occc1-c1ccccc1. The van der Waals surface area contributed by atoms with Crippen LogP contribution >= 0.6 is 0 Å². The highest BCUT2D eigenvalue weighted by molar-refractivity contribution is 7.91. The molecule has 1 aromatic carbocycles. The summed E-state index contributed by atoms with van der Waals surface area (Å²) in [5.41, 5.74) is 1.64. The van der Waals surface area contributed by atoms with E-state index in [0.717, 1.165) is 11.1 Å². The van der Waals surface area contributed by atoms with Crippen LogP contribution in [0.3, 0.4) is 0 Å². The second-order valence-electron chi connectivity index (χ2n) is 5.51. The molecule has 0 saturated carbocycles. The number of hydrogen-bond donors (Lipinski definition) is 1. The molecule has 1 fully saturated rings. The maximum absolute atomic E-state index is 12.3. The Balaban J connectivity index is 1.68. The number of carbonyl (C=O) groups is 1. The van der Waals surface area contributed by atoms with E-state index in [0.29, 0.717) is 13.0 Å². The van der Waals surface area contributed by atoms with E-state index in [1.54, 1.807) is 6.07 Å². The third kappa shape index (κ3) is 3.22. The summed E-state index contributed by atoms with van der Waals surface area (Å²) in [6.45, 7) is 0.354. The molecule has 116 valence electrons. The molecule has 0 spiro atoms. The van der Waals surface area contributed by atoms with Crippen molar-refractivity contribution in [1.82, 2.24) is 5.32 Å². The minimum Gasteiger partial charge on any atom is -0.459 e. The van der Waals surface area contributed by atoms with Gasteiger partial charge in [-0.3, -0.25) is 4.79 Å². The van der Waals surface area contributed by atoms with Crippen LogP contribution in [0, 0.1) is 5.92 Å². The van der Waals surface area contributed by atoms with Crippen molar-refractivity contribution in [3.05, 3.63) is 48.4 Å². The average Bonchev–Trinajstić information content (AvgIpc) is 3.12. The zero-order chi connectivity index (χ0) is 15.6. The molecular weight excluding hydrogens is 302 g/mol. The van der Waals surface area contributed by atoms with Gasteiger partial charge in [0.25, 0.3) is 5.91 Å². The summed E-state index contributed by atoms with van der Waals surface area (Å²) < 4.78 is 28.2. The fourth-order valence-corrected chi connectivity index (χ4v) is 4.54. The van der Waals surface area contributed by atoms with E-state index in [1.807, 2.05) is 30.3 Å². The summed E-state index contributed by atoms with van der Waals surface area (Å²) in [6.07, 6.45) is 2.09. The number of amides is 1. The third-order valence-electron chi connectivity index (χ3n) is 3.83. The molecule has 0 aliphatic carbocycles. The minimum atomic E-state index is -2.92. The molecule has 1 atom stereocenters. The molecular formula is C16H17NO4S. The Morgan fingerprint density at radius 2 is 2.00 bits per heavy atom. The van der Waals surface area contributed by atoms with Crippen molar-refractivity contribution >= 4 is 15.7 Å². The standard InChI is InChI=1S/C16H17NO4S/c18-16(17-10-12-7-9-22(19,20)11-12)15-14(6-8-21-15)13-4-2-1-3-5-13/h1-6,8,12H,7,9-11H2,(H,17,18)/t12-/m0/s1. The largest absolute Gasteiger partial charge is 0.459 e. The summed E-state index contributed by atoms with van der Waals surface area (Å²) >= 11 is 0. The van der Waals surface area contributed by atoms with Crippen LogP contribution in [0.5, 0.6) is 0 Å². The zero-order valence-corrected chi connectivity index (χ0v) is 12.8. The van der Waals surface area contributed by atoms with E-state index >= 15 is 0 Å². The van der Waals surface area contributed by atoms with Gasteiger partial charge in [-0.15, -0.1) is 0 Å². The lowest BCUT2D eigenvalue weighted by atomic mass is 10.1. The van der Waals surface area contributed by atoms with Gasteiger partial charge in [-0.05, 0) is 24.0 Å². The molecule has 1 N–H and O–H groups in total. The molecule has 1 amide bonds. The van der Waals surface area contributed by atoms with E-state index in [9.17, 15) is 13.2 Å². The highest BCUT2D eigenvalue weighted by Gasteiger charge is 2.28. The molecule has 1 aliphatic heterocycles. The number of sulfone groups is 1. The second kappa shape index (κ2) is 5.96. The molecule has 1 aromatic heterocycles. The lowest BCUT2D eigenvalue weighted by molar-refractivity contribution is 0.0921. The van der Waals surface area contributed by atoms with Gasteiger partial charge in [0, 0.05) is 12.1 Å². The average molecular weight is 319 g/mol. The number of rotatable bonds is 4. The molecule has 0 radical (unpaired) electrons. The number of furan rings is 1. The van der Waals surface area contributed by atoms with Crippen molar-refractivity contribution in [1.29, 1.82) is 0 Å². The predicted molar refractivity (Wildman–Crippen MR) is 83.2 cm³/mol. The van der Waals surface area contributed by atoms with Crippen molar-refractivity contribution in [2.24, 2.45) is 5.92 Å². The molecule has 0 bridgehead atoms. The van der Waals surface area contributed by atoms with E-state index in [1.165, 1.54) is 6.26 Å². The van der Waals surface area contributed by atoms with Gasteiger partial charge in [-0.25, -0.2) is 8.42 Å². The van der Waals surface area contributed by atoms with Crippen LogP contribution in [-0.2, 0) is 9.84 Å². The van der Waals surface area contributed by atoms with Crippen LogP contribution in [0.15, 0.2) is 47.1 Å². The lowest BCUT2D eigenvalue weighted by Crippen LogP contribution is -2.29. The first-order chi connectivity index (χ1) is 10.6. The summed E-state index contributed by atoms with van der Waals surface area (Å²) in [4.78, 5) is 12.3. The van der Waals surface area contributed by atoms with E-state index in [-0.39, 0.29) is 29.1 Å². The van der Waals surface area contributed by atoms with Crippen molar-refractivity contribution in [2.45, 2.75) is 6.42 Å². The molecule has 1 saturated heterocycles. The van der Waals surface area contributed by atoms with Crippen LogP contribution in [0.25, 0.3) is 11.1 Å². The highest BCUT2D eigenvalue weighted by atomic mass is 32.2. The van der Waals surface area contributed by atoms with Gasteiger partial charge in [-0.2, -0.15) is 0 Å². The number of nitrogens with one attached hydrogen (secondary N) is 1. The normalized spacial score (nSPS) is 19.9.